The molecule has 102 valence electrons. The Kier molecular flexibility index (Phi) is 4.97. The van der Waals surface area contributed by atoms with Gasteiger partial charge in [0.25, 0.3) is 0 Å². The van der Waals surface area contributed by atoms with Gasteiger partial charge in [0.15, 0.2) is 5.82 Å². The van der Waals surface area contributed by atoms with Crippen molar-refractivity contribution in [3.63, 3.8) is 0 Å². The van der Waals surface area contributed by atoms with E-state index in [-0.39, 0.29) is 0 Å². The minimum Gasteiger partial charge on any atom is -0.362 e. The summed E-state index contributed by atoms with van der Waals surface area (Å²) in [6.45, 7) is 5.19. The summed E-state index contributed by atoms with van der Waals surface area (Å²) in [4.78, 5) is 0. The van der Waals surface area contributed by atoms with Crippen molar-refractivity contribution >= 4 is 11.8 Å². The molecule has 1 unspecified atom stereocenters. The number of nitrogens with one attached hydrogen (secondary N) is 4. The van der Waals surface area contributed by atoms with E-state index >= 15 is 0 Å². The molecule has 6 heteroatoms. The minimum atomic E-state index is 0.486. The Morgan fingerprint density at radius 2 is 2.39 bits per heavy atom. The van der Waals surface area contributed by atoms with Crippen molar-refractivity contribution in [2.45, 2.75) is 23.6 Å². The third-order valence-electron chi connectivity index (χ3n) is 3.32. The van der Waals surface area contributed by atoms with Gasteiger partial charge in [-0.25, -0.2) is 5.43 Å². The van der Waals surface area contributed by atoms with Crippen molar-refractivity contribution in [1.82, 2.24) is 26.4 Å². The van der Waals surface area contributed by atoms with E-state index in [0.29, 0.717) is 16.7 Å². The Morgan fingerprint density at radius 3 is 3.11 bits per heavy atom. The van der Waals surface area contributed by atoms with Gasteiger partial charge in [0, 0.05) is 31.4 Å². The highest BCUT2D eigenvalue weighted by Crippen LogP contribution is 2.25. The van der Waals surface area contributed by atoms with Gasteiger partial charge in [-0.15, -0.1) is 11.8 Å². The molecule has 5 nitrogen and oxygen atoms in total. The minimum absolute atomic E-state index is 0.486. The summed E-state index contributed by atoms with van der Waals surface area (Å²) >= 11 is 1.96. The smallest absolute Gasteiger partial charge is 0.161 e. The highest BCUT2D eigenvalue weighted by molar-refractivity contribution is 8.01. The molecule has 0 bridgehead atoms. The summed E-state index contributed by atoms with van der Waals surface area (Å²) in [7, 11) is 3.94. The number of nitrogens with zero attached hydrogens (tertiary/aromatic N) is 1. The van der Waals surface area contributed by atoms with Gasteiger partial charge in [0.05, 0.1) is 11.9 Å². The third-order valence-corrected chi connectivity index (χ3v) is 4.85. The van der Waals surface area contributed by atoms with E-state index in [9.17, 15) is 0 Å². The normalized spacial score (nSPS) is 29.1. The fourth-order valence-electron chi connectivity index (χ4n) is 2.08. The summed E-state index contributed by atoms with van der Waals surface area (Å²) in [5, 5.41) is 13.2. The predicted octanol–water partition coefficient (Wildman–Crippen LogP) is -0.338. The van der Waals surface area contributed by atoms with Crippen LogP contribution in [-0.4, -0.2) is 55.4 Å². The third kappa shape index (κ3) is 3.22. The molecule has 4 N–H and O–H groups in total. The maximum Gasteiger partial charge on any atom is 0.161 e. The molecule has 2 aliphatic rings. The van der Waals surface area contributed by atoms with Gasteiger partial charge in [-0.3, -0.25) is 5.01 Å². The van der Waals surface area contributed by atoms with E-state index in [1.54, 1.807) is 0 Å². The average Bonchev–Trinajstić information content (AvgIpc) is 3.03. The van der Waals surface area contributed by atoms with Gasteiger partial charge in [0.2, 0.25) is 0 Å². The van der Waals surface area contributed by atoms with Crippen LogP contribution >= 0.6 is 11.8 Å². The Bertz CT molecular complexity index is 339. The topological polar surface area (TPSA) is 51.4 Å². The summed E-state index contributed by atoms with van der Waals surface area (Å²) in [5.41, 5.74) is 6.51. The fourth-order valence-corrected chi connectivity index (χ4v) is 3.36. The zero-order chi connectivity index (χ0) is 13.0. The molecule has 2 heterocycles. The van der Waals surface area contributed by atoms with Crippen LogP contribution in [0.15, 0.2) is 17.6 Å². The van der Waals surface area contributed by atoms with Crippen molar-refractivity contribution in [2.75, 3.05) is 33.7 Å². The second-order valence-electron chi connectivity index (χ2n) is 4.54. The quantitative estimate of drug-likeness (QED) is 0.524. The van der Waals surface area contributed by atoms with Crippen LogP contribution in [-0.2, 0) is 0 Å². The largest absolute Gasteiger partial charge is 0.362 e. The van der Waals surface area contributed by atoms with Crippen LogP contribution in [0.2, 0.25) is 0 Å². The lowest BCUT2D eigenvalue weighted by Gasteiger charge is -2.17. The zero-order valence-electron chi connectivity index (χ0n) is 11.3. The van der Waals surface area contributed by atoms with Crippen LogP contribution in [0.5, 0.6) is 0 Å². The van der Waals surface area contributed by atoms with Crippen LogP contribution in [0.4, 0.5) is 0 Å². The fraction of sp³-hybridized carbons (Fsp3) is 0.750. The molecule has 0 aromatic heterocycles. The number of likely N-dealkylation sites (N-methyl/N-ethyl adjacent to an activating group) is 1. The molecule has 3 atom stereocenters. The molecule has 2 fully saturated rings. The highest BCUT2D eigenvalue weighted by atomic mass is 32.2. The second kappa shape index (κ2) is 6.50. The maximum atomic E-state index is 3.53. The molecule has 2 aliphatic heterocycles. The molecule has 0 spiro atoms. The SMILES string of the molecule is CN[C@H](C)C1NC[C@H](C=C=C2NCCN2NC)S1. The first-order valence-corrected chi connectivity index (χ1v) is 7.40. The molecule has 2 rings (SSSR count). The zero-order valence-corrected chi connectivity index (χ0v) is 12.1. The van der Waals surface area contributed by atoms with Gasteiger partial charge in [-0.2, -0.15) is 0 Å². The highest BCUT2D eigenvalue weighted by Gasteiger charge is 2.26. The molecule has 0 aromatic rings. The van der Waals surface area contributed by atoms with E-state index in [2.05, 4.69) is 45.1 Å². The van der Waals surface area contributed by atoms with Crippen LogP contribution in [0, 0.1) is 0 Å². The van der Waals surface area contributed by atoms with Gasteiger partial charge < -0.3 is 16.0 Å². The first kappa shape index (κ1) is 13.8. The standard InChI is InChI=1S/C12H23N5S/c1-9(13-2)12-16-8-10(18-12)4-5-11-15-6-7-17(11)14-3/h4,9-10,12-16H,6-8H2,1-3H3/t5?,9-,10+,12?/m1/s1. The molecule has 0 aliphatic carbocycles. The van der Waals surface area contributed by atoms with Crippen molar-refractivity contribution in [3.8, 4) is 0 Å². The van der Waals surface area contributed by atoms with E-state index in [4.69, 9.17) is 0 Å². The summed E-state index contributed by atoms with van der Waals surface area (Å²) in [6.07, 6.45) is 2.16. The van der Waals surface area contributed by atoms with Crippen LogP contribution in [0.25, 0.3) is 0 Å². The molecule has 18 heavy (non-hydrogen) atoms. The first-order valence-electron chi connectivity index (χ1n) is 6.46. The molecule has 0 radical (unpaired) electrons. The van der Waals surface area contributed by atoms with Gasteiger partial charge in [-0.05, 0) is 20.0 Å². The van der Waals surface area contributed by atoms with Crippen molar-refractivity contribution in [1.29, 1.82) is 0 Å². The molecule has 0 saturated carbocycles. The Labute approximate surface area is 113 Å². The molecular weight excluding hydrogens is 246 g/mol. The Hall–Kier alpha value is -0.650. The number of thioether (sulfide) groups is 1. The maximum absolute atomic E-state index is 3.53. The number of rotatable bonds is 4. The van der Waals surface area contributed by atoms with Crippen molar-refractivity contribution < 1.29 is 0 Å². The van der Waals surface area contributed by atoms with E-state index < -0.39 is 0 Å². The van der Waals surface area contributed by atoms with Crippen molar-refractivity contribution in [3.05, 3.63) is 17.6 Å². The summed E-state index contributed by atoms with van der Waals surface area (Å²) in [6, 6.07) is 0.486. The first-order chi connectivity index (χ1) is 8.74. The van der Waals surface area contributed by atoms with Crippen LogP contribution in [0.3, 0.4) is 0 Å². The predicted molar refractivity (Wildman–Crippen MR) is 77.1 cm³/mol. The number of hydrogen-bond donors (Lipinski definition) is 4. The number of hydrogen-bond acceptors (Lipinski definition) is 6. The molecule has 0 aromatic carbocycles. The lowest BCUT2D eigenvalue weighted by atomic mass is 10.3. The second-order valence-corrected chi connectivity index (χ2v) is 5.93. The Morgan fingerprint density at radius 1 is 1.56 bits per heavy atom. The van der Waals surface area contributed by atoms with Crippen molar-refractivity contribution in [2.24, 2.45) is 0 Å². The molecule has 2 saturated heterocycles. The van der Waals surface area contributed by atoms with Gasteiger partial charge >= 0.3 is 0 Å². The lowest BCUT2D eigenvalue weighted by Crippen LogP contribution is -2.39. The van der Waals surface area contributed by atoms with Crippen LogP contribution < -0.4 is 21.4 Å². The molecular formula is C12H23N5S. The lowest BCUT2D eigenvalue weighted by molar-refractivity contribution is 0.313. The summed E-state index contributed by atoms with van der Waals surface area (Å²) < 4.78 is 0. The Balaban J connectivity index is 1.92. The van der Waals surface area contributed by atoms with Gasteiger partial charge in [-0.1, -0.05) is 5.73 Å². The van der Waals surface area contributed by atoms with E-state index in [0.717, 1.165) is 25.5 Å². The van der Waals surface area contributed by atoms with Crippen LogP contribution in [0.1, 0.15) is 6.92 Å². The monoisotopic (exact) mass is 269 g/mol. The molecule has 0 amide bonds. The van der Waals surface area contributed by atoms with Gasteiger partial charge in [0.1, 0.15) is 0 Å². The number of hydrazine groups is 1. The van der Waals surface area contributed by atoms with E-state index in [1.165, 1.54) is 0 Å². The van der Waals surface area contributed by atoms with E-state index in [1.807, 2.05) is 25.9 Å². The summed E-state index contributed by atoms with van der Waals surface area (Å²) in [5.74, 6) is 1.04. The average molecular weight is 269 g/mol.